The number of ether oxygens (including phenoxy) is 2. The van der Waals surface area contributed by atoms with Gasteiger partial charge in [0.15, 0.2) is 11.5 Å². The summed E-state index contributed by atoms with van der Waals surface area (Å²) in [5.41, 5.74) is 2.32. The van der Waals surface area contributed by atoms with Gasteiger partial charge in [-0.25, -0.2) is 0 Å². The number of hydrogen-bond acceptors (Lipinski definition) is 5. The van der Waals surface area contributed by atoms with Crippen molar-refractivity contribution in [2.45, 2.75) is 10.7 Å². The molecular formula is C22H18F2N2O3S. The van der Waals surface area contributed by atoms with E-state index >= 15 is 0 Å². The second kappa shape index (κ2) is 9.04. The van der Waals surface area contributed by atoms with Gasteiger partial charge in [0.1, 0.15) is 13.2 Å². The standard InChI is InChI=1S/C22H18F2N2O3S/c23-22(24)30-16-8-5-14(6-9-16)25-18-4-2-1-3-17(18)21(27)26-15-7-10-19-20(13-15)29-12-11-28-19/h1-10,13,22,25H,11-12H2,(H,26,27). The van der Waals surface area contributed by atoms with E-state index in [9.17, 15) is 13.6 Å². The first-order valence-electron chi connectivity index (χ1n) is 9.20. The molecule has 1 aliphatic rings. The molecule has 0 bridgehead atoms. The molecule has 0 radical (unpaired) electrons. The molecule has 0 unspecified atom stereocenters. The summed E-state index contributed by atoms with van der Waals surface area (Å²) in [4.78, 5) is 13.3. The molecule has 3 aromatic rings. The fourth-order valence-electron chi connectivity index (χ4n) is 2.98. The second-order valence-corrected chi connectivity index (χ2v) is 7.45. The minimum absolute atomic E-state index is 0.292. The van der Waals surface area contributed by atoms with Gasteiger partial charge in [-0.2, -0.15) is 8.78 Å². The lowest BCUT2D eigenvalue weighted by molar-refractivity contribution is 0.102. The number of amides is 1. The minimum Gasteiger partial charge on any atom is -0.486 e. The predicted molar refractivity (Wildman–Crippen MR) is 113 cm³/mol. The number of carbonyl (C=O) groups is 1. The Morgan fingerprint density at radius 3 is 2.37 bits per heavy atom. The van der Waals surface area contributed by atoms with Crippen molar-refractivity contribution in [3.8, 4) is 11.5 Å². The van der Waals surface area contributed by atoms with Crippen LogP contribution in [0.25, 0.3) is 0 Å². The molecule has 1 amide bonds. The Hall–Kier alpha value is -3.26. The molecule has 1 heterocycles. The van der Waals surface area contributed by atoms with Crippen molar-refractivity contribution < 1.29 is 23.0 Å². The summed E-state index contributed by atoms with van der Waals surface area (Å²) in [5.74, 6) is -1.52. The highest BCUT2D eigenvalue weighted by molar-refractivity contribution is 7.99. The Kier molecular flexibility index (Phi) is 6.04. The van der Waals surface area contributed by atoms with Crippen LogP contribution in [-0.4, -0.2) is 24.9 Å². The lowest BCUT2D eigenvalue weighted by Gasteiger charge is -2.19. The minimum atomic E-state index is -2.46. The van der Waals surface area contributed by atoms with Crippen molar-refractivity contribution in [2.24, 2.45) is 0 Å². The van der Waals surface area contributed by atoms with E-state index in [4.69, 9.17) is 9.47 Å². The first kappa shape index (κ1) is 20.0. The molecule has 4 rings (SSSR count). The number of nitrogens with one attached hydrogen (secondary N) is 2. The Morgan fingerprint density at radius 1 is 0.900 bits per heavy atom. The van der Waals surface area contributed by atoms with Gasteiger partial charge in [0, 0.05) is 22.3 Å². The average molecular weight is 428 g/mol. The Balaban J connectivity index is 1.49. The van der Waals surface area contributed by atoms with Crippen molar-refractivity contribution in [1.82, 2.24) is 0 Å². The highest BCUT2D eigenvalue weighted by Crippen LogP contribution is 2.33. The fraction of sp³-hybridized carbons (Fsp3) is 0.136. The summed E-state index contributed by atoms with van der Waals surface area (Å²) in [5, 5.41) is 6.03. The highest BCUT2D eigenvalue weighted by Gasteiger charge is 2.15. The van der Waals surface area contributed by atoms with Crippen LogP contribution in [0.3, 0.4) is 0 Å². The zero-order valence-corrected chi connectivity index (χ0v) is 16.5. The van der Waals surface area contributed by atoms with Gasteiger partial charge in [-0.05, 0) is 48.5 Å². The zero-order valence-electron chi connectivity index (χ0n) is 15.7. The van der Waals surface area contributed by atoms with Gasteiger partial charge in [0.2, 0.25) is 0 Å². The maximum Gasteiger partial charge on any atom is 0.288 e. The molecule has 3 aromatic carbocycles. The number of thioether (sulfide) groups is 1. The largest absolute Gasteiger partial charge is 0.486 e. The van der Waals surface area contributed by atoms with E-state index in [0.29, 0.717) is 64.0 Å². The molecule has 0 fully saturated rings. The van der Waals surface area contributed by atoms with Crippen molar-refractivity contribution in [1.29, 1.82) is 0 Å². The first-order valence-corrected chi connectivity index (χ1v) is 10.1. The molecule has 0 spiro atoms. The number of rotatable bonds is 6. The summed E-state index contributed by atoms with van der Waals surface area (Å²) < 4.78 is 36.0. The van der Waals surface area contributed by atoms with Crippen molar-refractivity contribution in [3.05, 3.63) is 72.3 Å². The molecular weight excluding hydrogens is 410 g/mol. The lowest BCUT2D eigenvalue weighted by atomic mass is 10.1. The van der Waals surface area contributed by atoms with Crippen LogP contribution in [0.15, 0.2) is 71.6 Å². The van der Waals surface area contributed by atoms with E-state index in [1.165, 1.54) is 0 Å². The molecule has 2 N–H and O–H groups in total. The highest BCUT2D eigenvalue weighted by atomic mass is 32.2. The summed E-state index contributed by atoms with van der Waals surface area (Å²) in [6.45, 7) is 0.964. The number of hydrogen-bond donors (Lipinski definition) is 2. The summed E-state index contributed by atoms with van der Waals surface area (Å²) in [6.07, 6.45) is 0. The van der Waals surface area contributed by atoms with E-state index in [-0.39, 0.29) is 5.91 Å². The Labute approximate surface area is 176 Å². The molecule has 30 heavy (non-hydrogen) atoms. The summed E-state index contributed by atoms with van der Waals surface area (Å²) in [7, 11) is 0. The maximum atomic E-state index is 12.9. The maximum absolute atomic E-state index is 12.9. The van der Waals surface area contributed by atoms with E-state index in [1.54, 1.807) is 60.7 Å². The molecule has 0 aliphatic carbocycles. The van der Waals surface area contributed by atoms with Crippen molar-refractivity contribution >= 4 is 34.7 Å². The smallest absolute Gasteiger partial charge is 0.288 e. The van der Waals surface area contributed by atoms with Gasteiger partial charge in [0.25, 0.3) is 11.7 Å². The summed E-state index contributed by atoms with van der Waals surface area (Å²) >= 11 is 0.488. The van der Waals surface area contributed by atoms with Gasteiger partial charge in [-0.3, -0.25) is 4.79 Å². The molecule has 154 valence electrons. The molecule has 0 aromatic heterocycles. The van der Waals surface area contributed by atoms with Crippen LogP contribution in [0.1, 0.15) is 10.4 Å². The monoisotopic (exact) mass is 428 g/mol. The quantitative estimate of drug-likeness (QED) is 0.488. The summed E-state index contributed by atoms with van der Waals surface area (Å²) in [6, 6.07) is 18.9. The van der Waals surface area contributed by atoms with E-state index in [0.717, 1.165) is 0 Å². The van der Waals surface area contributed by atoms with Crippen LogP contribution in [0.5, 0.6) is 11.5 Å². The van der Waals surface area contributed by atoms with E-state index in [1.807, 2.05) is 6.07 Å². The third-order valence-corrected chi connectivity index (χ3v) is 5.05. The van der Waals surface area contributed by atoms with Gasteiger partial charge < -0.3 is 20.1 Å². The van der Waals surface area contributed by atoms with Crippen LogP contribution in [0.2, 0.25) is 0 Å². The van der Waals surface area contributed by atoms with Crippen molar-refractivity contribution in [3.63, 3.8) is 0 Å². The van der Waals surface area contributed by atoms with Crippen LogP contribution in [0.4, 0.5) is 25.8 Å². The Morgan fingerprint density at radius 2 is 1.60 bits per heavy atom. The van der Waals surface area contributed by atoms with Gasteiger partial charge in [-0.1, -0.05) is 23.9 Å². The number of alkyl halides is 2. The number of para-hydroxylation sites is 1. The van der Waals surface area contributed by atoms with E-state index < -0.39 is 5.76 Å². The van der Waals surface area contributed by atoms with Crippen LogP contribution < -0.4 is 20.1 Å². The molecule has 8 heteroatoms. The Bertz CT molecular complexity index is 1040. The van der Waals surface area contributed by atoms with Gasteiger partial charge in [0.05, 0.1) is 11.3 Å². The fourth-order valence-corrected chi connectivity index (χ4v) is 3.48. The van der Waals surface area contributed by atoms with Crippen LogP contribution in [0, 0.1) is 0 Å². The molecule has 5 nitrogen and oxygen atoms in total. The number of carbonyl (C=O) groups excluding carboxylic acids is 1. The number of benzene rings is 3. The number of halogens is 2. The van der Waals surface area contributed by atoms with Crippen LogP contribution in [-0.2, 0) is 0 Å². The number of anilines is 3. The third-order valence-electron chi connectivity index (χ3n) is 4.33. The molecule has 1 aliphatic heterocycles. The topological polar surface area (TPSA) is 59.6 Å². The molecule has 0 saturated carbocycles. The molecule has 0 atom stereocenters. The number of fused-ring (bicyclic) bond motifs is 1. The SMILES string of the molecule is O=C(Nc1ccc2c(c1)OCCO2)c1ccccc1Nc1ccc(SC(F)F)cc1. The lowest BCUT2D eigenvalue weighted by Crippen LogP contribution is -2.17. The van der Waals surface area contributed by atoms with Gasteiger partial charge >= 0.3 is 0 Å². The van der Waals surface area contributed by atoms with Crippen molar-refractivity contribution in [2.75, 3.05) is 23.8 Å². The van der Waals surface area contributed by atoms with Crippen LogP contribution >= 0.6 is 11.8 Å². The third kappa shape index (κ3) is 4.83. The average Bonchev–Trinajstić information content (AvgIpc) is 2.75. The van der Waals surface area contributed by atoms with Gasteiger partial charge in [-0.15, -0.1) is 0 Å². The normalized spacial score (nSPS) is 12.5. The second-order valence-electron chi connectivity index (χ2n) is 6.39. The first-order chi connectivity index (χ1) is 14.6. The molecule has 0 saturated heterocycles. The predicted octanol–water partition coefficient (Wildman–Crippen LogP) is 5.77. The van der Waals surface area contributed by atoms with E-state index in [2.05, 4.69) is 10.6 Å². The zero-order chi connectivity index (χ0) is 20.9.